The first-order valence-electron chi connectivity index (χ1n) is 11.4. The molecule has 1 heterocycles. The Labute approximate surface area is 184 Å². The van der Waals surface area contributed by atoms with Gasteiger partial charge in [0.25, 0.3) is 0 Å². The van der Waals surface area contributed by atoms with Gasteiger partial charge in [0.05, 0.1) is 11.4 Å². The molecule has 2 heteroatoms. The second-order valence-corrected chi connectivity index (χ2v) is 10.8. The van der Waals surface area contributed by atoms with Crippen molar-refractivity contribution in [2.45, 2.75) is 67.1 Å². The second-order valence-electron chi connectivity index (χ2n) is 9.76. The van der Waals surface area contributed by atoms with Crippen LogP contribution in [0.5, 0.6) is 0 Å². The van der Waals surface area contributed by atoms with E-state index in [1.165, 1.54) is 75.5 Å². The van der Waals surface area contributed by atoms with E-state index in [0.717, 1.165) is 5.92 Å². The summed E-state index contributed by atoms with van der Waals surface area (Å²) >= 11 is 1.97. The van der Waals surface area contributed by atoms with Crippen LogP contribution in [0.1, 0.15) is 68.6 Å². The number of hydrogen-bond donors (Lipinski definition) is 0. The highest BCUT2D eigenvalue weighted by Gasteiger charge is 2.37. The zero-order chi connectivity index (χ0) is 20.5. The first-order chi connectivity index (χ1) is 14.5. The largest absolute Gasteiger partial charge is 0.343 e. The monoisotopic (exact) mass is 411 g/mol. The van der Waals surface area contributed by atoms with Gasteiger partial charge in [-0.15, -0.1) is 0 Å². The average Bonchev–Trinajstić information content (AvgIpc) is 3.00. The van der Waals surface area contributed by atoms with E-state index < -0.39 is 0 Å². The third-order valence-electron chi connectivity index (χ3n) is 7.67. The molecule has 1 aliphatic heterocycles. The van der Waals surface area contributed by atoms with Crippen LogP contribution in [0.15, 0.2) is 64.4 Å². The molecule has 152 valence electrons. The van der Waals surface area contributed by atoms with Gasteiger partial charge in [-0.05, 0) is 70.8 Å². The molecule has 1 saturated carbocycles. The van der Waals surface area contributed by atoms with E-state index in [2.05, 4.69) is 80.4 Å². The molecule has 0 unspecified atom stereocenters. The van der Waals surface area contributed by atoms with Crippen LogP contribution in [-0.2, 0) is 5.41 Å². The van der Waals surface area contributed by atoms with Gasteiger partial charge in [0.2, 0.25) is 0 Å². The van der Waals surface area contributed by atoms with Crippen molar-refractivity contribution >= 4 is 23.1 Å². The Bertz CT molecular complexity index is 1150. The fourth-order valence-electron chi connectivity index (χ4n) is 5.89. The predicted molar refractivity (Wildman–Crippen MR) is 128 cm³/mol. The molecular formula is C28H29NS. The molecule has 0 bridgehead atoms. The Balaban J connectivity index is 1.44. The van der Waals surface area contributed by atoms with E-state index in [1.807, 2.05) is 11.8 Å². The summed E-state index contributed by atoms with van der Waals surface area (Å²) in [5.41, 5.74) is 10.0. The Kier molecular flexibility index (Phi) is 4.12. The lowest BCUT2D eigenvalue weighted by Gasteiger charge is -2.32. The minimum absolute atomic E-state index is 0.0598. The summed E-state index contributed by atoms with van der Waals surface area (Å²) in [4.78, 5) is 5.21. The summed E-state index contributed by atoms with van der Waals surface area (Å²) in [6.07, 6.45) is 6.90. The first kappa shape index (κ1) is 18.6. The number of hydrogen-bond acceptors (Lipinski definition) is 2. The van der Waals surface area contributed by atoms with E-state index >= 15 is 0 Å². The molecule has 1 nitrogen and oxygen atoms in total. The van der Waals surface area contributed by atoms with Crippen LogP contribution in [0, 0.1) is 0 Å². The van der Waals surface area contributed by atoms with Crippen molar-refractivity contribution in [3.05, 3.63) is 71.3 Å². The SMILES string of the molecule is CN1c2ccc(C3CCCCC3)cc2Sc2cc3c(cc21)-c1ccccc1C3(C)C. The van der Waals surface area contributed by atoms with Crippen LogP contribution in [0.25, 0.3) is 11.1 Å². The van der Waals surface area contributed by atoms with Crippen LogP contribution in [0.2, 0.25) is 0 Å². The Morgan fingerprint density at radius 3 is 2.40 bits per heavy atom. The summed E-state index contributed by atoms with van der Waals surface area (Å²) in [6, 6.07) is 21.1. The van der Waals surface area contributed by atoms with Crippen molar-refractivity contribution in [3.63, 3.8) is 0 Å². The maximum atomic E-state index is 2.49. The number of rotatable bonds is 1. The van der Waals surface area contributed by atoms with Crippen LogP contribution >= 0.6 is 11.8 Å². The van der Waals surface area contributed by atoms with Crippen LogP contribution in [-0.4, -0.2) is 7.05 Å². The lowest BCUT2D eigenvalue weighted by atomic mass is 9.82. The Morgan fingerprint density at radius 1 is 0.800 bits per heavy atom. The molecule has 0 atom stereocenters. The van der Waals surface area contributed by atoms with Crippen molar-refractivity contribution < 1.29 is 0 Å². The van der Waals surface area contributed by atoms with Gasteiger partial charge in [0, 0.05) is 22.3 Å². The molecule has 3 aliphatic rings. The van der Waals surface area contributed by atoms with Crippen molar-refractivity contribution in [1.29, 1.82) is 0 Å². The Hall–Kier alpha value is -2.19. The Morgan fingerprint density at radius 2 is 1.57 bits per heavy atom. The third kappa shape index (κ3) is 2.62. The molecule has 0 spiro atoms. The van der Waals surface area contributed by atoms with Gasteiger partial charge in [0.1, 0.15) is 0 Å². The third-order valence-corrected chi connectivity index (χ3v) is 8.76. The van der Waals surface area contributed by atoms with Crippen LogP contribution < -0.4 is 4.90 Å². The normalized spacial score (nSPS) is 19.1. The lowest BCUT2D eigenvalue weighted by molar-refractivity contribution is 0.443. The molecule has 1 fully saturated rings. The van der Waals surface area contributed by atoms with Crippen LogP contribution in [0.3, 0.4) is 0 Å². The standard InChI is InChI=1S/C28H29NS/c1-28(2)22-12-8-7-11-20(22)21-16-25-27(17-23(21)28)30-26-15-19(13-14-24(26)29(25)3)18-9-5-4-6-10-18/h7-8,11-18H,4-6,9-10H2,1-3H3. The van der Waals surface area contributed by atoms with Gasteiger partial charge in [0.15, 0.2) is 0 Å². The maximum absolute atomic E-state index is 2.49. The zero-order valence-corrected chi connectivity index (χ0v) is 19.0. The molecule has 30 heavy (non-hydrogen) atoms. The summed E-state index contributed by atoms with van der Waals surface area (Å²) in [7, 11) is 2.23. The van der Waals surface area contributed by atoms with Gasteiger partial charge in [-0.2, -0.15) is 0 Å². The summed E-state index contributed by atoms with van der Waals surface area (Å²) in [5.74, 6) is 0.754. The van der Waals surface area contributed by atoms with Gasteiger partial charge in [-0.3, -0.25) is 0 Å². The molecule has 0 radical (unpaired) electrons. The second kappa shape index (κ2) is 6.65. The fourth-order valence-corrected chi connectivity index (χ4v) is 7.11. The fraction of sp³-hybridized carbons (Fsp3) is 0.357. The van der Waals surface area contributed by atoms with Crippen LogP contribution in [0.4, 0.5) is 11.4 Å². The van der Waals surface area contributed by atoms with Gasteiger partial charge < -0.3 is 4.90 Å². The molecular weight excluding hydrogens is 382 g/mol. The van der Waals surface area contributed by atoms with Crippen molar-refractivity contribution in [2.24, 2.45) is 0 Å². The van der Waals surface area contributed by atoms with Gasteiger partial charge >= 0.3 is 0 Å². The van der Waals surface area contributed by atoms with E-state index in [9.17, 15) is 0 Å². The summed E-state index contributed by atoms with van der Waals surface area (Å²) in [5, 5.41) is 0. The minimum Gasteiger partial charge on any atom is -0.343 e. The number of fused-ring (bicyclic) bond motifs is 5. The molecule has 2 aliphatic carbocycles. The number of nitrogens with zero attached hydrogens (tertiary/aromatic N) is 1. The zero-order valence-electron chi connectivity index (χ0n) is 18.2. The van der Waals surface area contributed by atoms with Crippen molar-refractivity contribution in [1.82, 2.24) is 0 Å². The molecule has 0 saturated heterocycles. The minimum atomic E-state index is 0.0598. The van der Waals surface area contributed by atoms with E-state index in [4.69, 9.17) is 0 Å². The highest BCUT2D eigenvalue weighted by molar-refractivity contribution is 7.99. The van der Waals surface area contributed by atoms with Gasteiger partial charge in [-0.25, -0.2) is 0 Å². The number of benzene rings is 3. The van der Waals surface area contributed by atoms with E-state index in [1.54, 1.807) is 5.56 Å². The molecule has 3 aromatic carbocycles. The molecule has 0 N–H and O–H groups in total. The van der Waals surface area contributed by atoms with Crippen molar-refractivity contribution in [2.75, 3.05) is 11.9 Å². The average molecular weight is 412 g/mol. The van der Waals surface area contributed by atoms with Crippen molar-refractivity contribution in [3.8, 4) is 11.1 Å². The quantitative estimate of drug-likeness (QED) is 0.396. The first-order valence-corrected chi connectivity index (χ1v) is 12.2. The summed E-state index contributed by atoms with van der Waals surface area (Å²) in [6.45, 7) is 4.74. The smallest absolute Gasteiger partial charge is 0.0556 e. The van der Waals surface area contributed by atoms with E-state index in [0.29, 0.717) is 0 Å². The molecule has 0 aromatic heterocycles. The maximum Gasteiger partial charge on any atom is 0.0556 e. The summed E-state index contributed by atoms with van der Waals surface area (Å²) < 4.78 is 0. The van der Waals surface area contributed by atoms with E-state index in [-0.39, 0.29) is 5.41 Å². The highest BCUT2D eigenvalue weighted by atomic mass is 32.2. The van der Waals surface area contributed by atoms with Gasteiger partial charge in [-0.1, -0.05) is 75.2 Å². The molecule has 6 rings (SSSR count). The number of anilines is 2. The molecule has 3 aromatic rings. The highest BCUT2D eigenvalue weighted by Crippen LogP contribution is 2.55. The lowest BCUT2D eigenvalue weighted by Crippen LogP contribution is -2.18. The predicted octanol–water partition coefficient (Wildman–Crippen LogP) is 8.27. The molecule has 0 amide bonds. The topological polar surface area (TPSA) is 3.24 Å².